The number of aromatic amines is 1. The summed E-state index contributed by atoms with van der Waals surface area (Å²) in [6.45, 7) is 7.85. The van der Waals surface area contributed by atoms with Gasteiger partial charge in [0.25, 0.3) is 5.91 Å². The topological polar surface area (TPSA) is 51.8 Å². The van der Waals surface area contributed by atoms with Crippen molar-refractivity contribution in [1.82, 2.24) is 19.7 Å². The van der Waals surface area contributed by atoms with E-state index in [4.69, 9.17) is 4.74 Å². The highest BCUT2D eigenvalue weighted by Crippen LogP contribution is 2.27. The summed E-state index contributed by atoms with van der Waals surface area (Å²) in [6, 6.07) is 6.34. The fourth-order valence-corrected chi connectivity index (χ4v) is 4.10. The van der Waals surface area contributed by atoms with Gasteiger partial charge in [-0.2, -0.15) is 0 Å². The normalized spacial score (nSPS) is 22.2. The Morgan fingerprint density at radius 1 is 1.20 bits per heavy atom. The fraction of sp³-hybridized carbons (Fsp3) is 0.526. The van der Waals surface area contributed by atoms with Crippen molar-refractivity contribution in [3.05, 3.63) is 29.5 Å². The van der Waals surface area contributed by atoms with E-state index in [0.29, 0.717) is 11.7 Å². The molecule has 6 nitrogen and oxygen atoms in total. The number of fused-ring (bicyclic) bond motifs is 2. The van der Waals surface area contributed by atoms with E-state index in [1.807, 2.05) is 30.0 Å². The monoisotopic (exact) mass is 342 g/mol. The number of rotatable bonds is 2. The van der Waals surface area contributed by atoms with Crippen LogP contribution in [-0.2, 0) is 0 Å². The van der Waals surface area contributed by atoms with E-state index in [9.17, 15) is 4.79 Å². The number of hydrogen-bond acceptors (Lipinski definition) is 4. The number of carbonyl (C=O) groups is 1. The Morgan fingerprint density at radius 2 is 2.00 bits per heavy atom. The Kier molecular flexibility index (Phi) is 4.17. The Labute approximate surface area is 148 Å². The van der Waals surface area contributed by atoms with Crippen LogP contribution >= 0.6 is 0 Å². The average molecular weight is 342 g/mol. The van der Waals surface area contributed by atoms with Crippen molar-refractivity contribution < 1.29 is 9.53 Å². The third-order valence-corrected chi connectivity index (χ3v) is 5.66. The molecule has 134 valence electrons. The minimum absolute atomic E-state index is 0.112. The van der Waals surface area contributed by atoms with Crippen molar-refractivity contribution in [2.75, 3.05) is 53.4 Å². The first kappa shape index (κ1) is 16.4. The second-order valence-electron chi connectivity index (χ2n) is 7.24. The standard InChI is InChI=1S/C19H26N4O2/c1-13-16-10-15(25-3)4-5-17(16)20-18(13)19(24)23-9-8-22-7-6-21(2)11-14(22)12-23/h4-5,10,14,20H,6-9,11-12H2,1-3H3/t14-/m1/s1. The molecule has 2 aliphatic rings. The highest BCUT2D eigenvalue weighted by molar-refractivity contribution is 6.01. The van der Waals surface area contributed by atoms with Crippen LogP contribution in [0.1, 0.15) is 16.1 Å². The number of amides is 1. The molecule has 0 unspecified atom stereocenters. The van der Waals surface area contributed by atoms with Gasteiger partial charge in [0.1, 0.15) is 11.4 Å². The second kappa shape index (κ2) is 6.35. The number of H-pyrrole nitrogens is 1. The summed E-state index contributed by atoms with van der Waals surface area (Å²) in [7, 11) is 3.82. The number of hydrogen-bond donors (Lipinski definition) is 1. The Balaban J connectivity index is 1.58. The molecule has 0 spiro atoms. The van der Waals surface area contributed by atoms with Gasteiger partial charge in [-0.25, -0.2) is 0 Å². The van der Waals surface area contributed by atoms with Crippen LogP contribution in [0, 0.1) is 6.92 Å². The zero-order valence-electron chi connectivity index (χ0n) is 15.2. The van der Waals surface area contributed by atoms with Gasteiger partial charge >= 0.3 is 0 Å². The number of nitrogens with one attached hydrogen (secondary N) is 1. The van der Waals surface area contributed by atoms with Crippen molar-refractivity contribution in [1.29, 1.82) is 0 Å². The molecule has 2 aliphatic heterocycles. The largest absolute Gasteiger partial charge is 0.497 e. The van der Waals surface area contributed by atoms with Crippen molar-refractivity contribution in [3.8, 4) is 5.75 Å². The smallest absolute Gasteiger partial charge is 0.270 e. The molecule has 2 fully saturated rings. The molecule has 2 saturated heterocycles. The van der Waals surface area contributed by atoms with Crippen LogP contribution in [0.15, 0.2) is 18.2 Å². The van der Waals surface area contributed by atoms with Crippen LogP contribution in [0.5, 0.6) is 5.75 Å². The lowest BCUT2D eigenvalue weighted by Crippen LogP contribution is -2.62. The van der Waals surface area contributed by atoms with Gasteiger partial charge in [0, 0.05) is 56.2 Å². The van der Waals surface area contributed by atoms with Crippen molar-refractivity contribution in [3.63, 3.8) is 0 Å². The third-order valence-electron chi connectivity index (χ3n) is 5.66. The number of likely N-dealkylation sites (N-methyl/N-ethyl adjacent to an activating group) is 1. The number of nitrogens with zero attached hydrogens (tertiary/aromatic N) is 3. The predicted octanol–water partition coefficient (Wildman–Crippen LogP) is 1.56. The highest BCUT2D eigenvalue weighted by Gasteiger charge is 2.33. The van der Waals surface area contributed by atoms with Gasteiger partial charge in [-0.3, -0.25) is 9.69 Å². The van der Waals surface area contributed by atoms with Crippen LogP contribution in [0.4, 0.5) is 0 Å². The Hall–Kier alpha value is -2.05. The van der Waals surface area contributed by atoms with Gasteiger partial charge in [-0.05, 0) is 37.7 Å². The van der Waals surface area contributed by atoms with Crippen LogP contribution in [0.3, 0.4) is 0 Å². The molecule has 1 N–H and O–H groups in total. The van der Waals surface area contributed by atoms with Crippen molar-refractivity contribution in [2.45, 2.75) is 13.0 Å². The summed E-state index contributed by atoms with van der Waals surface area (Å²) in [5.41, 5.74) is 2.70. The minimum Gasteiger partial charge on any atom is -0.497 e. The molecule has 0 saturated carbocycles. The van der Waals surface area contributed by atoms with Gasteiger partial charge in [0.2, 0.25) is 0 Å². The summed E-state index contributed by atoms with van der Waals surface area (Å²) < 4.78 is 5.31. The first-order chi connectivity index (χ1) is 12.1. The van der Waals surface area contributed by atoms with Gasteiger partial charge in [0.05, 0.1) is 7.11 Å². The Bertz CT molecular complexity index is 800. The van der Waals surface area contributed by atoms with Crippen LogP contribution in [-0.4, -0.2) is 85.1 Å². The molecule has 0 bridgehead atoms. The number of methoxy groups -OCH3 is 1. The summed E-state index contributed by atoms with van der Waals surface area (Å²) in [5, 5.41) is 1.05. The van der Waals surface area contributed by atoms with E-state index in [2.05, 4.69) is 21.8 Å². The number of piperazine rings is 2. The molecule has 1 amide bonds. The van der Waals surface area contributed by atoms with E-state index in [1.165, 1.54) is 0 Å². The summed E-state index contributed by atoms with van der Waals surface area (Å²) >= 11 is 0. The number of ether oxygens (including phenoxy) is 1. The van der Waals surface area contributed by atoms with Crippen molar-refractivity contribution >= 4 is 16.8 Å². The lowest BCUT2D eigenvalue weighted by atomic mass is 10.1. The van der Waals surface area contributed by atoms with Crippen molar-refractivity contribution in [2.24, 2.45) is 0 Å². The first-order valence-corrected chi connectivity index (χ1v) is 8.95. The molecular formula is C19H26N4O2. The van der Waals surface area contributed by atoms with Crippen LogP contribution < -0.4 is 4.74 Å². The van der Waals surface area contributed by atoms with Gasteiger partial charge in [-0.15, -0.1) is 0 Å². The fourth-order valence-electron chi connectivity index (χ4n) is 4.10. The maximum atomic E-state index is 13.1. The Morgan fingerprint density at radius 3 is 2.80 bits per heavy atom. The van der Waals surface area contributed by atoms with Gasteiger partial charge < -0.3 is 19.5 Å². The average Bonchev–Trinajstić information content (AvgIpc) is 2.96. The third kappa shape index (κ3) is 2.89. The highest BCUT2D eigenvalue weighted by atomic mass is 16.5. The lowest BCUT2D eigenvalue weighted by molar-refractivity contribution is 0.0187. The molecule has 1 aromatic carbocycles. The number of carbonyl (C=O) groups excluding carboxylic acids is 1. The zero-order valence-corrected chi connectivity index (χ0v) is 15.2. The summed E-state index contributed by atoms with van der Waals surface area (Å²) in [4.78, 5) is 23.3. The van der Waals surface area contributed by atoms with E-state index >= 15 is 0 Å². The van der Waals surface area contributed by atoms with Crippen LogP contribution in [0.25, 0.3) is 10.9 Å². The SMILES string of the molecule is COc1ccc2[nH]c(C(=O)N3CCN4CCN(C)C[C@@H]4C3)c(C)c2c1. The van der Waals surface area contributed by atoms with E-state index in [1.54, 1.807) is 7.11 Å². The number of benzene rings is 1. The van der Waals surface area contributed by atoms with Gasteiger partial charge in [0.15, 0.2) is 0 Å². The summed E-state index contributed by atoms with van der Waals surface area (Å²) in [6.07, 6.45) is 0. The predicted molar refractivity (Wildman–Crippen MR) is 98.3 cm³/mol. The van der Waals surface area contributed by atoms with E-state index in [-0.39, 0.29) is 5.91 Å². The molecular weight excluding hydrogens is 316 g/mol. The maximum absolute atomic E-state index is 13.1. The van der Waals surface area contributed by atoms with Crippen LogP contribution in [0.2, 0.25) is 0 Å². The molecule has 0 aliphatic carbocycles. The van der Waals surface area contributed by atoms with E-state index < -0.39 is 0 Å². The van der Waals surface area contributed by atoms with Gasteiger partial charge in [-0.1, -0.05) is 0 Å². The first-order valence-electron chi connectivity index (χ1n) is 8.95. The molecule has 0 radical (unpaired) electrons. The molecule has 4 rings (SSSR count). The molecule has 2 aromatic rings. The zero-order chi connectivity index (χ0) is 17.6. The molecule has 3 heterocycles. The molecule has 1 atom stereocenters. The number of aryl methyl sites for hydroxylation is 1. The quantitative estimate of drug-likeness (QED) is 0.900. The minimum atomic E-state index is 0.112. The molecule has 6 heteroatoms. The lowest BCUT2D eigenvalue weighted by Gasteiger charge is -2.46. The maximum Gasteiger partial charge on any atom is 0.270 e. The van der Waals surface area contributed by atoms with E-state index in [0.717, 1.165) is 61.5 Å². The summed E-state index contributed by atoms with van der Waals surface area (Å²) in [5.74, 6) is 0.924. The number of aromatic nitrogens is 1. The molecule has 25 heavy (non-hydrogen) atoms. The molecule has 1 aromatic heterocycles. The second-order valence-corrected chi connectivity index (χ2v) is 7.24.